The van der Waals surface area contributed by atoms with Gasteiger partial charge in [-0.15, -0.1) is 13.2 Å². The van der Waals surface area contributed by atoms with Gasteiger partial charge in [0.15, 0.2) is 0 Å². The Balaban J connectivity index is 2.53. The molecule has 1 aromatic carbocycles. The molecule has 0 saturated carbocycles. The van der Waals surface area contributed by atoms with Crippen molar-refractivity contribution in [1.29, 1.82) is 0 Å². The number of hydrogen-bond donors (Lipinski definition) is 1. The molecule has 1 atom stereocenters. The number of hydrogen-bond acceptors (Lipinski definition) is 2. The summed E-state index contributed by atoms with van der Waals surface area (Å²) in [7, 11) is 0. The summed E-state index contributed by atoms with van der Waals surface area (Å²) in [5, 5.41) is 8.98. The number of alkyl halides is 3. The summed E-state index contributed by atoms with van der Waals surface area (Å²) in [6.45, 7) is 1.25. The summed E-state index contributed by atoms with van der Waals surface area (Å²) in [5.74, 6) is -2.00. The molecular weight excluding hydrogens is 261 g/mol. The molecule has 0 fully saturated rings. The second-order valence-electron chi connectivity index (χ2n) is 4.31. The number of carboxylic acid groups (broad SMARTS) is 1. The van der Waals surface area contributed by atoms with E-state index in [2.05, 4.69) is 4.74 Å². The first-order valence-corrected chi connectivity index (χ1v) is 5.77. The van der Waals surface area contributed by atoms with Crippen LogP contribution in [0.3, 0.4) is 0 Å². The first-order valence-electron chi connectivity index (χ1n) is 5.77. The van der Waals surface area contributed by atoms with E-state index in [1.54, 1.807) is 12.1 Å². The molecule has 0 saturated heterocycles. The Morgan fingerprint density at radius 3 is 2.37 bits per heavy atom. The quantitative estimate of drug-likeness (QED) is 0.868. The van der Waals surface area contributed by atoms with Crippen LogP contribution in [-0.4, -0.2) is 24.0 Å². The van der Waals surface area contributed by atoms with Gasteiger partial charge in [0.25, 0.3) is 0 Å². The molecule has 1 rings (SSSR count). The number of aryl methyl sites for hydroxylation is 1. The highest BCUT2D eigenvalue weighted by atomic mass is 19.4. The van der Waals surface area contributed by atoms with Crippen molar-refractivity contribution in [2.24, 2.45) is 5.92 Å². The van der Waals surface area contributed by atoms with Crippen molar-refractivity contribution in [3.8, 4) is 0 Å². The van der Waals surface area contributed by atoms with Crippen molar-refractivity contribution in [3.63, 3.8) is 0 Å². The Bertz CT molecular complexity index is 412. The van der Waals surface area contributed by atoms with Gasteiger partial charge in [0, 0.05) is 0 Å². The third-order valence-corrected chi connectivity index (χ3v) is 2.68. The summed E-state index contributed by atoms with van der Waals surface area (Å²) >= 11 is 0. The minimum absolute atomic E-state index is 0.178. The van der Waals surface area contributed by atoms with E-state index in [4.69, 9.17) is 5.11 Å². The number of benzene rings is 1. The van der Waals surface area contributed by atoms with Crippen LogP contribution in [0.4, 0.5) is 13.2 Å². The second kappa shape index (κ2) is 6.56. The van der Waals surface area contributed by atoms with Gasteiger partial charge < -0.3 is 5.11 Å². The molecular formula is C13H15F3O3. The maximum absolute atomic E-state index is 11.8. The lowest BCUT2D eigenvalue weighted by Crippen LogP contribution is -2.21. The van der Waals surface area contributed by atoms with E-state index >= 15 is 0 Å². The van der Waals surface area contributed by atoms with Crippen molar-refractivity contribution in [2.45, 2.75) is 26.1 Å². The monoisotopic (exact) mass is 276 g/mol. The van der Waals surface area contributed by atoms with E-state index in [9.17, 15) is 18.0 Å². The fourth-order valence-electron chi connectivity index (χ4n) is 1.64. The molecule has 3 nitrogen and oxygen atoms in total. The van der Waals surface area contributed by atoms with E-state index in [1.807, 2.05) is 19.1 Å². The summed E-state index contributed by atoms with van der Waals surface area (Å²) in [6, 6.07) is 7.21. The van der Waals surface area contributed by atoms with Gasteiger partial charge in [-0.25, -0.2) is 0 Å². The minimum Gasteiger partial charge on any atom is -0.481 e. The van der Waals surface area contributed by atoms with Gasteiger partial charge in [-0.05, 0) is 25.3 Å². The third-order valence-electron chi connectivity index (χ3n) is 2.68. The standard InChI is InChI=1S/C13H15F3O3/c1-9-2-4-10(5-3-9)8-11(12(17)18)6-7-19-13(14,15)16/h2-5,11H,6-8H2,1H3,(H,17,18). The number of rotatable bonds is 6. The highest BCUT2D eigenvalue weighted by Gasteiger charge is 2.30. The average molecular weight is 276 g/mol. The third kappa shape index (κ3) is 6.24. The summed E-state index contributed by atoms with van der Waals surface area (Å²) < 4.78 is 39.0. The Labute approximate surface area is 109 Å². The van der Waals surface area contributed by atoms with Crippen molar-refractivity contribution < 1.29 is 27.8 Å². The Morgan fingerprint density at radius 1 is 1.32 bits per heavy atom. The highest BCUT2D eigenvalue weighted by Crippen LogP contribution is 2.19. The van der Waals surface area contributed by atoms with E-state index in [0.717, 1.165) is 11.1 Å². The number of carbonyl (C=O) groups is 1. The van der Waals surface area contributed by atoms with Crippen molar-refractivity contribution in [1.82, 2.24) is 0 Å². The van der Waals surface area contributed by atoms with Crippen molar-refractivity contribution in [2.75, 3.05) is 6.61 Å². The predicted molar refractivity (Wildman–Crippen MR) is 62.6 cm³/mol. The van der Waals surface area contributed by atoms with Crippen molar-refractivity contribution in [3.05, 3.63) is 35.4 Å². The number of halogens is 3. The van der Waals surface area contributed by atoms with Crippen LogP contribution < -0.4 is 0 Å². The maximum Gasteiger partial charge on any atom is 0.522 e. The lowest BCUT2D eigenvalue weighted by Gasteiger charge is -2.13. The second-order valence-corrected chi connectivity index (χ2v) is 4.31. The lowest BCUT2D eigenvalue weighted by molar-refractivity contribution is -0.325. The molecule has 0 heterocycles. The van der Waals surface area contributed by atoms with Gasteiger partial charge in [-0.1, -0.05) is 29.8 Å². The molecule has 19 heavy (non-hydrogen) atoms. The topological polar surface area (TPSA) is 46.5 Å². The summed E-state index contributed by atoms with van der Waals surface area (Å²) in [4.78, 5) is 11.0. The number of aliphatic carboxylic acids is 1. The number of carboxylic acids is 1. The molecule has 0 radical (unpaired) electrons. The molecule has 6 heteroatoms. The summed E-state index contributed by atoms with van der Waals surface area (Å²) in [5.41, 5.74) is 1.82. The molecule has 0 aliphatic heterocycles. The van der Waals surface area contributed by atoms with Crippen LogP contribution in [0, 0.1) is 12.8 Å². The van der Waals surface area contributed by atoms with Crippen LogP contribution in [0.2, 0.25) is 0 Å². The molecule has 0 bridgehead atoms. The van der Waals surface area contributed by atoms with Crippen molar-refractivity contribution >= 4 is 5.97 Å². The fraction of sp³-hybridized carbons (Fsp3) is 0.462. The molecule has 1 aromatic rings. The zero-order valence-electron chi connectivity index (χ0n) is 10.4. The van der Waals surface area contributed by atoms with E-state index in [0.29, 0.717) is 0 Å². The van der Waals surface area contributed by atoms with Gasteiger partial charge in [-0.3, -0.25) is 9.53 Å². The first-order chi connectivity index (χ1) is 8.78. The fourth-order valence-corrected chi connectivity index (χ4v) is 1.64. The Kier molecular flexibility index (Phi) is 5.35. The molecule has 0 aliphatic rings. The molecule has 0 aliphatic carbocycles. The highest BCUT2D eigenvalue weighted by molar-refractivity contribution is 5.70. The normalized spacial score (nSPS) is 13.3. The SMILES string of the molecule is Cc1ccc(CC(CCOC(F)(F)F)C(=O)O)cc1. The van der Waals surface area contributed by atoms with Gasteiger partial charge >= 0.3 is 12.3 Å². The van der Waals surface area contributed by atoms with Gasteiger partial charge in [-0.2, -0.15) is 0 Å². The predicted octanol–water partition coefficient (Wildman–Crippen LogP) is 3.16. The van der Waals surface area contributed by atoms with Crippen LogP contribution in [0.15, 0.2) is 24.3 Å². The summed E-state index contributed by atoms with van der Waals surface area (Å²) in [6.07, 6.45) is -4.70. The van der Waals surface area contributed by atoms with Gasteiger partial charge in [0.2, 0.25) is 0 Å². The van der Waals surface area contributed by atoms with E-state index in [-0.39, 0.29) is 12.8 Å². The molecule has 0 aromatic heterocycles. The molecule has 1 unspecified atom stereocenters. The van der Waals surface area contributed by atoms with E-state index in [1.165, 1.54) is 0 Å². The smallest absolute Gasteiger partial charge is 0.481 e. The van der Waals surface area contributed by atoms with Crippen LogP contribution >= 0.6 is 0 Å². The minimum atomic E-state index is -4.72. The van der Waals surface area contributed by atoms with Gasteiger partial charge in [0.05, 0.1) is 12.5 Å². The van der Waals surface area contributed by atoms with Gasteiger partial charge in [0.1, 0.15) is 0 Å². The largest absolute Gasteiger partial charge is 0.522 e. The molecule has 1 N–H and O–H groups in total. The van der Waals surface area contributed by atoms with Crippen LogP contribution in [0.25, 0.3) is 0 Å². The zero-order chi connectivity index (χ0) is 14.5. The number of ether oxygens (including phenoxy) is 1. The van der Waals surface area contributed by atoms with E-state index < -0.39 is 24.9 Å². The molecule has 106 valence electrons. The molecule has 0 amide bonds. The Hall–Kier alpha value is -1.56. The van der Waals surface area contributed by atoms with Crippen LogP contribution in [0.1, 0.15) is 17.5 Å². The first kappa shape index (κ1) is 15.5. The Morgan fingerprint density at radius 2 is 1.89 bits per heavy atom. The van der Waals surface area contributed by atoms with Crippen LogP contribution in [0.5, 0.6) is 0 Å². The lowest BCUT2D eigenvalue weighted by atomic mass is 9.96. The zero-order valence-corrected chi connectivity index (χ0v) is 10.4. The maximum atomic E-state index is 11.8. The van der Waals surface area contributed by atoms with Crippen LogP contribution in [-0.2, 0) is 16.0 Å². The molecule has 0 spiro atoms. The average Bonchev–Trinajstić information content (AvgIpc) is 2.28.